The van der Waals surface area contributed by atoms with Gasteiger partial charge in [-0.25, -0.2) is 14.4 Å². The van der Waals surface area contributed by atoms with Gasteiger partial charge < -0.3 is 10.6 Å². The minimum atomic E-state index is -0.228. The average molecular weight is 397 g/mol. The Morgan fingerprint density at radius 3 is 2.52 bits per heavy atom. The van der Waals surface area contributed by atoms with E-state index in [-0.39, 0.29) is 19.2 Å². The molecule has 7 heteroatoms. The first-order valence-electron chi connectivity index (χ1n) is 9.39. The third-order valence-electron chi connectivity index (χ3n) is 4.41. The van der Waals surface area contributed by atoms with Gasteiger partial charge in [0, 0.05) is 50.6 Å². The van der Waals surface area contributed by atoms with Gasteiger partial charge in [-0.15, -0.1) is 0 Å². The van der Waals surface area contributed by atoms with Gasteiger partial charge >= 0.3 is 0 Å². The van der Waals surface area contributed by atoms with Gasteiger partial charge in [0.05, 0.1) is 11.4 Å². The number of nitrogens with one attached hydrogen (secondary N) is 2. The molecule has 29 heavy (non-hydrogen) atoms. The van der Waals surface area contributed by atoms with E-state index in [0.29, 0.717) is 12.8 Å². The molecule has 2 aromatic heterocycles. The second-order valence-corrected chi connectivity index (χ2v) is 6.72. The largest absolute Gasteiger partial charge is 0.369 e. The highest BCUT2D eigenvalue weighted by Crippen LogP contribution is 2.21. The van der Waals surface area contributed by atoms with Gasteiger partial charge in [0.1, 0.15) is 17.5 Å². The maximum Gasteiger partial charge on any atom is 0.131 e. The van der Waals surface area contributed by atoms with Crippen molar-refractivity contribution >= 4 is 5.82 Å². The summed E-state index contributed by atoms with van der Waals surface area (Å²) in [5.41, 5.74) is 2.82. The zero-order chi connectivity index (χ0) is 19.8. The van der Waals surface area contributed by atoms with E-state index in [1.807, 2.05) is 25.2 Å². The highest BCUT2D eigenvalue weighted by atomic mass is 19.1. The van der Waals surface area contributed by atoms with Gasteiger partial charge in [0.15, 0.2) is 0 Å². The van der Waals surface area contributed by atoms with Crippen molar-refractivity contribution in [3.8, 4) is 0 Å². The minimum Gasteiger partial charge on any atom is -0.369 e. The first-order valence-corrected chi connectivity index (χ1v) is 9.39. The molecule has 0 amide bonds. The Kier molecular flexibility index (Phi) is 8.61. The fourth-order valence-corrected chi connectivity index (χ4v) is 2.93. The lowest BCUT2D eigenvalue weighted by molar-refractivity contribution is 0.624. The predicted octanol–water partition coefficient (Wildman–Crippen LogP) is 3.61. The van der Waals surface area contributed by atoms with E-state index in [9.17, 15) is 4.39 Å². The van der Waals surface area contributed by atoms with Crippen LogP contribution >= 0.6 is 0 Å². The van der Waals surface area contributed by atoms with E-state index in [4.69, 9.17) is 4.98 Å². The molecule has 154 valence electrons. The van der Waals surface area contributed by atoms with Crippen molar-refractivity contribution in [2.24, 2.45) is 0 Å². The number of likely N-dealkylation sites (N-methyl/N-ethyl adjacent to an activating group) is 1. The molecule has 6 nitrogen and oxygen atoms in total. The smallest absolute Gasteiger partial charge is 0.131 e. The van der Waals surface area contributed by atoms with Crippen molar-refractivity contribution in [1.82, 2.24) is 25.3 Å². The SMILES string of the molecule is C.CNCCNc1cc(Cc2cnccn2)nc(C[C@@H](C)c2ccc(F)cc2)n1. The van der Waals surface area contributed by atoms with Crippen molar-refractivity contribution in [2.75, 3.05) is 25.5 Å². The molecule has 0 fully saturated rings. The molecule has 1 aromatic carbocycles. The van der Waals surface area contributed by atoms with Gasteiger partial charge in [-0.2, -0.15) is 0 Å². The lowest BCUT2D eigenvalue weighted by Gasteiger charge is -2.14. The van der Waals surface area contributed by atoms with Crippen LogP contribution < -0.4 is 10.6 Å². The van der Waals surface area contributed by atoms with E-state index in [1.165, 1.54) is 12.1 Å². The Morgan fingerprint density at radius 2 is 1.83 bits per heavy atom. The van der Waals surface area contributed by atoms with Crippen LogP contribution in [0.25, 0.3) is 0 Å². The molecule has 0 unspecified atom stereocenters. The maximum atomic E-state index is 13.2. The van der Waals surface area contributed by atoms with E-state index < -0.39 is 0 Å². The fraction of sp³-hybridized carbons (Fsp3) is 0.364. The van der Waals surface area contributed by atoms with Crippen LogP contribution in [0.5, 0.6) is 0 Å². The summed E-state index contributed by atoms with van der Waals surface area (Å²) < 4.78 is 13.2. The van der Waals surface area contributed by atoms with Crippen LogP contribution in [-0.4, -0.2) is 40.1 Å². The molecule has 2 N–H and O–H groups in total. The van der Waals surface area contributed by atoms with Crippen LogP contribution in [0.2, 0.25) is 0 Å². The number of rotatable bonds is 9. The molecule has 0 radical (unpaired) electrons. The van der Waals surface area contributed by atoms with Crippen LogP contribution in [0.3, 0.4) is 0 Å². The summed E-state index contributed by atoms with van der Waals surface area (Å²) in [6, 6.07) is 8.56. The van der Waals surface area contributed by atoms with Gasteiger partial charge in [-0.3, -0.25) is 9.97 Å². The molecule has 1 atom stereocenters. The summed E-state index contributed by atoms with van der Waals surface area (Å²) in [4.78, 5) is 17.9. The number of nitrogens with zero attached hydrogens (tertiary/aromatic N) is 4. The summed E-state index contributed by atoms with van der Waals surface area (Å²) in [6.07, 6.45) is 6.34. The Morgan fingerprint density at radius 1 is 1.03 bits per heavy atom. The maximum absolute atomic E-state index is 13.2. The summed E-state index contributed by atoms with van der Waals surface area (Å²) in [7, 11) is 1.91. The Balaban J connectivity index is 0.00000300. The molecule has 2 heterocycles. The number of aromatic nitrogens is 4. The first-order chi connectivity index (χ1) is 13.6. The number of halogens is 1. The van der Waals surface area contributed by atoms with Crippen LogP contribution in [-0.2, 0) is 12.8 Å². The number of benzene rings is 1. The zero-order valence-corrected chi connectivity index (χ0v) is 16.2. The van der Waals surface area contributed by atoms with Crippen molar-refractivity contribution in [1.29, 1.82) is 0 Å². The standard InChI is InChI=1S/C21H25FN6.CH4/c1-15(16-3-5-17(22)6-4-16)11-21-27-18(12-19-14-24-8-10-25-19)13-20(28-21)26-9-7-23-2;/h3-6,8,10,13-15,23H,7,9,11-12H2,1-2H3,(H,26,27,28);1H4/t15-;/m1./s1. The Labute approximate surface area is 172 Å². The van der Waals surface area contributed by atoms with Gasteiger partial charge in [0.2, 0.25) is 0 Å². The molecule has 3 aromatic rings. The van der Waals surface area contributed by atoms with Crippen molar-refractivity contribution in [2.45, 2.75) is 33.1 Å². The molecular formula is C22H29FN6. The summed E-state index contributed by atoms with van der Waals surface area (Å²) in [5.74, 6) is 1.50. The second kappa shape index (κ2) is 11.2. The number of anilines is 1. The number of hydrogen-bond donors (Lipinski definition) is 2. The number of hydrogen-bond acceptors (Lipinski definition) is 6. The molecule has 0 bridgehead atoms. The first kappa shape index (κ1) is 22.4. The third kappa shape index (κ3) is 6.87. The summed E-state index contributed by atoms with van der Waals surface area (Å²) in [5, 5.41) is 6.44. The normalized spacial score (nSPS) is 11.6. The molecular weight excluding hydrogens is 367 g/mol. The molecule has 0 aliphatic rings. The van der Waals surface area contributed by atoms with Crippen LogP contribution in [0, 0.1) is 5.82 Å². The molecule has 0 aliphatic carbocycles. The van der Waals surface area contributed by atoms with Crippen molar-refractivity contribution in [3.63, 3.8) is 0 Å². The zero-order valence-electron chi connectivity index (χ0n) is 16.2. The average Bonchev–Trinajstić information content (AvgIpc) is 2.69. The third-order valence-corrected chi connectivity index (χ3v) is 4.41. The monoisotopic (exact) mass is 396 g/mol. The summed E-state index contributed by atoms with van der Waals surface area (Å²) in [6.45, 7) is 3.70. The minimum absolute atomic E-state index is 0. The Bertz CT molecular complexity index is 870. The fourth-order valence-electron chi connectivity index (χ4n) is 2.93. The van der Waals surface area contributed by atoms with Crippen LogP contribution in [0.4, 0.5) is 10.2 Å². The van der Waals surface area contributed by atoms with Gasteiger partial charge in [-0.1, -0.05) is 26.5 Å². The van der Waals surface area contributed by atoms with Gasteiger partial charge in [0.25, 0.3) is 0 Å². The lowest BCUT2D eigenvalue weighted by atomic mass is 9.97. The molecule has 3 rings (SSSR count). The van der Waals surface area contributed by atoms with Crippen molar-refractivity contribution < 1.29 is 4.39 Å². The highest BCUT2D eigenvalue weighted by molar-refractivity contribution is 5.37. The topological polar surface area (TPSA) is 75.6 Å². The van der Waals surface area contributed by atoms with E-state index >= 15 is 0 Å². The van der Waals surface area contributed by atoms with E-state index in [2.05, 4.69) is 32.5 Å². The van der Waals surface area contributed by atoms with Crippen LogP contribution in [0.1, 0.15) is 43.0 Å². The van der Waals surface area contributed by atoms with Crippen molar-refractivity contribution in [3.05, 3.63) is 77.5 Å². The molecule has 0 saturated heterocycles. The second-order valence-electron chi connectivity index (χ2n) is 6.72. The summed E-state index contributed by atoms with van der Waals surface area (Å²) >= 11 is 0. The molecule has 0 aliphatic heterocycles. The van der Waals surface area contributed by atoms with Gasteiger partial charge in [-0.05, 0) is 30.7 Å². The predicted molar refractivity (Wildman–Crippen MR) is 115 cm³/mol. The Hall–Kier alpha value is -2.93. The van der Waals surface area contributed by atoms with Crippen LogP contribution in [0.15, 0.2) is 48.9 Å². The highest BCUT2D eigenvalue weighted by Gasteiger charge is 2.12. The molecule has 0 saturated carbocycles. The lowest BCUT2D eigenvalue weighted by Crippen LogP contribution is -2.19. The van der Waals surface area contributed by atoms with E-state index in [0.717, 1.165) is 41.7 Å². The quantitative estimate of drug-likeness (QED) is 0.538. The molecule has 0 spiro atoms. The van der Waals surface area contributed by atoms with E-state index in [1.54, 1.807) is 18.6 Å².